The van der Waals surface area contributed by atoms with E-state index < -0.39 is 6.10 Å². The molecule has 0 amide bonds. The second-order valence-corrected chi connectivity index (χ2v) is 5.94. The van der Waals surface area contributed by atoms with Gasteiger partial charge in [0.15, 0.2) is 0 Å². The van der Waals surface area contributed by atoms with E-state index in [9.17, 15) is 5.11 Å². The van der Waals surface area contributed by atoms with Crippen molar-refractivity contribution in [2.75, 3.05) is 13.6 Å². The molecule has 2 nitrogen and oxygen atoms in total. The van der Waals surface area contributed by atoms with Crippen LogP contribution < -0.4 is 0 Å². The van der Waals surface area contributed by atoms with E-state index in [1.165, 1.54) is 5.56 Å². The van der Waals surface area contributed by atoms with Gasteiger partial charge in [-0.25, -0.2) is 0 Å². The van der Waals surface area contributed by atoms with Crippen molar-refractivity contribution in [2.24, 2.45) is 0 Å². The number of rotatable bonds is 5. The molecule has 0 spiro atoms. The number of hydrogen-bond donors (Lipinski definition) is 1. The summed E-state index contributed by atoms with van der Waals surface area (Å²) in [6, 6.07) is 8.30. The van der Waals surface area contributed by atoms with Gasteiger partial charge in [0.2, 0.25) is 0 Å². The van der Waals surface area contributed by atoms with Crippen LogP contribution in [0.3, 0.4) is 0 Å². The number of aliphatic hydroxyl groups excluding tert-OH is 1. The zero-order valence-corrected chi connectivity index (χ0v) is 12.8. The Morgan fingerprint density at radius 2 is 2.00 bits per heavy atom. The van der Waals surface area contributed by atoms with E-state index in [2.05, 4.69) is 45.1 Å². The summed E-state index contributed by atoms with van der Waals surface area (Å²) in [5, 5.41) is 10.2. The van der Waals surface area contributed by atoms with Gasteiger partial charge in [0.1, 0.15) is 0 Å². The maximum Gasteiger partial charge on any atom is 0.0913 e. The molecule has 0 fully saturated rings. The normalized spacial score (nSPS) is 16.5. The number of halogens is 1. The summed E-state index contributed by atoms with van der Waals surface area (Å²) in [6.45, 7) is 1.51. The maximum atomic E-state index is 10.2. The summed E-state index contributed by atoms with van der Waals surface area (Å²) in [4.78, 5) is 2.15. The molecule has 1 aromatic rings. The average Bonchev–Trinajstić information content (AvgIpc) is 2.42. The van der Waals surface area contributed by atoms with Crippen LogP contribution in [0.25, 0.3) is 0 Å². The number of hydrogen-bond acceptors (Lipinski definition) is 2. The van der Waals surface area contributed by atoms with Crippen LogP contribution >= 0.6 is 15.9 Å². The van der Waals surface area contributed by atoms with Gasteiger partial charge < -0.3 is 5.11 Å². The van der Waals surface area contributed by atoms with Crippen molar-refractivity contribution in [2.45, 2.75) is 25.5 Å². The molecule has 1 N–H and O–H groups in total. The Morgan fingerprint density at radius 3 is 2.63 bits per heavy atom. The van der Waals surface area contributed by atoms with Gasteiger partial charge in [-0.05, 0) is 43.2 Å². The Labute approximate surface area is 123 Å². The lowest BCUT2D eigenvalue weighted by Gasteiger charge is -2.22. The summed E-state index contributed by atoms with van der Waals surface area (Å²) in [7, 11) is 2.04. The van der Waals surface area contributed by atoms with E-state index in [4.69, 9.17) is 0 Å². The number of likely N-dealkylation sites (N-methyl/N-ethyl adjacent to an activating group) is 1. The predicted octanol–water partition coefficient (Wildman–Crippen LogP) is 3.52. The van der Waals surface area contributed by atoms with Crippen molar-refractivity contribution < 1.29 is 5.11 Å². The quantitative estimate of drug-likeness (QED) is 0.897. The first-order valence-corrected chi connectivity index (χ1v) is 7.42. The van der Waals surface area contributed by atoms with E-state index in [-0.39, 0.29) is 0 Å². The molecule has 0 saturated carbocycles. The molecule has 0 saturated heterocycles. The van der Waals surface area contributed by atoms with Crippen LogP contribution in [0.2, 0.25) is 0 Å². The van der Waals surface area contributed by atoms with Gasteiger partial charge >= 0.3 is 0 Å². The zero-order valence-electron chi connectivity index (χ0n) is 11.2. The molecule has 1 atom stereocenters. The van der Waals surface area contributed by atoms with Crippen LogP contribution in [0.5, 0.6) is 0 Å². The van der Waals surface area contributed by atoms with Crippen molar-refractivity contribution in [3.05, 3.63) is 58.1 Å². The van der Waals surface area contributed by atoms with Crippen LogP contribution in [0.1, 0.15) is 18.4 Å². The Kier molecular flexibility index (Phi) is 5.37. The van der Waals surface area contributed by atoms with Crippen molar-refractivity contribution in [3.8, 4) is 0 Å². The van der Waals surface area contributed by atoms with Crippen LogP contribution in [-0.4, -0.2) is 29.7 Å². The maximum absolute atomic E-state index is 10.2. The van der Waals surface area contributed by atoms with E-state index in [1.54, 1.807) is 0 Å². The average molecular weight is 322 g/mol. The van der Waals surface area contributed by atoms with Crippen molar-refractivity contribution in [1.82, 2.24) is 4.90 Å². The molecule has 1 aromatic carbocycles. The highest BCUT2D eigenvalue weighted by Gasteiger charge is 2.12. The summed E-state index contributed by atoms with van der Waals surface area (Å²) >= 11 is 3.44. The highest BCUT2D eigenvalue weighted by molar-refractivity contribution is 9.10. The number of allylic oxidation sites excluding steroid dienone is 2. The van der Waals surface area contributed by atoms with E-state index in [0.717, 1.165) is 29.4 Å². The molecule has 2 rings (SSSR count). The van der Waals surface area contributed by atoms with E-state index in [1.807, 2.05) is 25.3 Å². The lowest BCUT2D eigenvalue weighted by molar-refractivity contribution is 0.153. The van der Waals surface area contributed by atoms with Crippen LogP contribution in [0, 0.1) is 0 Å². The summed E-state index contributed by atoms with van der Waals surface area (Å²) in [5.41, 5.74) is 2.31. The lowest BCUT2D eigenvalue weighted by atomic mass is 10.0. The van der Waals surface area contributed by atoms with Gasteiger partial charge in [0, 0.05) is 17.6 Å². The fraction of sp³-hybridized carbons (Fsp3) is 0.375. The Bertz CT molecular complexity index is 464. The monoisotopic (exact) mass is 321 g/mol. The number of benzene rings is 1. The summed E-state index contributed by atoms with van der Waals surface area (Å²) < 4.78 is 1.09. The molecule has 102 valence electrons. The van der Waals surface area contributed by atoms with E-state index >= 15 is 0 Å². The molecule has 0 bridgehead atoms. The number of nitrogens with zero attached hydrogens (tertiary/aromatic N) is 1. The highest BCUT2D eigenvalue weighted by Crippen LogP contribution is 2.15. The van der Waals surface area contributed by atoms with Gasteiger partial charge in [-0.2, -0.15) is 0 Å². The first kappa shape index (κ1) is 14.5. The molecule has 1 aliphatic carbocycles. The molecule has 3 heteroatoms. The van der Waals surface area contributed by atoms with Gasteiger partial charge in [0.25, 0.3) is 0 Å². The molecule has 0 aliphatic heterocycles. The highest BCUT2D eigenvalue weighted by atomic mass is 79.9. The molecule has 0 heterocycles. The molecule has 0 aromatic heterocycles. The van der Waals surface area contributed by atoms with Gasteiger partial charge in [-0.1, -0.05) is 46.3 Å². The van der Waals surface area contributed by atoms with Crippen molar-refractivity contribution >= 4 is 15.9 Å². The minimum absolute atomic E-state index is 0.392. The SMILES string of the molecule is CN(Cc1ccc(Br)cc1)CC(O)C1=CCCC=C1. The molecule has 0 radical (unpaired) electrons. The standard InChI is InChI=1S/C16H20BrNO/c1-18(11-13-7-9-15(17)10-8-13)12-16(19)14-5-3-2-4-6-14/h3,5-10,16,19H,2,4,11-12H2,1H3. The first-order valence-electron chi connectivity index (χ1n) is 6.63. The second kappa shape index (κ2) is 7.04. The lowest BCUT2D eigenvalue weighted by Crippen LogP contribution is -2.30. The largest absolute Gasteiger partial charge is 0.387 e. The predicted molar refractivity (Wildman–Crippen MR) is 82.9 cm³/mol. The van der Waals surface area contributed by atoms with Crippen LogP contribution in [0.15, 0.2) is 52.5 Å². The molecule has 19 heavy (non-hydrogen) atoms. The minimum Gasteiger partial charge on any atom is -0.387 e. The number of aliphatic hydroxyl groups is 1. The minimum atomic E-state index is -0.392. The van der Waals surface area contributed by atoms with Crippen LogP contribution in [-0.2, 0) is 6.54 Å². The van der Waals surface area contributed by atoms with E-state index in [0.29, 0.717) is 6.54 Å². The zero-order chi connectivity index (χ0) is 13.7. The topological polar surface area (TPSA) is 23.5 Å². The van der Waals surface area contributed by atoms with Crippen molar-refractivity contribution in [1.29, 1.82) is 0 Å². The van der Waals surface area contributed by atoms with Crippen molar-refractivity contribution in [3.63, 3.8) is 0 Å². The van der Waals surface area contributed by atoms with Gasteiger partial charge in [0.05, 0.1) is 6.10 Å². The third-order valence-corrected chi connectivity index (χ3v) is 3.79. The fourth-order valence-corrected chi connectivity index (χ4v) is 2.51. The van der Waals surface area contributed by atoms with Crippen LogP contribution in [0.4, 0.5) is 0 Å². The Balaban J connectivity index is 1.86. The van der Waals surface area contributed by atoms with Gasteiger partial charge in [-0.15, -0.1) is 0 Å². The van der Waals surface area contributed by atoms with Gasteiger partial charge in [-0.3, -0.25) is 4.90 Å². The fourth-order valence-electron chi connectivity index (χ4n) is 2.25. The molecular formula is C16H20BrNO. The third-order valence-electron chi connectivity index (χ3n) is 3.26. The summed E-state index contributed by atoms with van der Waals surface area (Å²) in [6.07, 6.45) is 8.05. The first-order chi connectivity index (χ1) is 9.15. The second-order valence-electron chi connectivity index (χ2n) is 5.02. The smallest absolute Gasteiger partial charge is 0.0913 e. The third kappa shape index (κ3) is 4.60. The molecular weight excluding hydrogens is 302 g/mol. The molecule has 1 aliphatic rings. The molecule has 1 unspecified atom stereocenters. The Hall–Kier alpha value is -0.900. The Morgan fingerprint density at radius 1 is 1.26 bits per heavy atom. The summed E-state index contributed by atoms with van der Waals surface area (Å²) in [5.74, 6) is 0.